The topological polar surface area (TPSA) is 81.1 Å². The van der Waals surface area contributed by atoms with Crippen LogP contribution in [-0.2, 0) is 11.3 Å². The molecule has 1 unspecified atom stereocenters. The average Bonchev–Trinajstić information content (AvgIpc) is 3.19. The quantitative estimate of drug-likeness (QED) is 0.826. The van der Waals surface area contributed by atoms with Crippen LogP contribution in [0.4, 0.5) is 8.78 Å². The molecule has 1 aromatic heterocycles. The van der Waals surface area contributed by atoms with Crippen LogP contribution >= 0.6 is 12.4 Å². The molecule has 1 amide bonds. The van der Waals surface area contributed by atoms with Crippen molar-refractivity contribution >= 4 is 18.3 Å². The first-order chi connectivity index (χ1) is 11.5. The van der Waals surface area contributed by atoms with Crippen LogP contribution in [0.15, 0.2) is 30.5 Å². The van der Waals surface area contributed by atoms with E-state index in [1.165, 1.54) is 0 Å². The van der Waals surface area contributed by atoms with Crippen molar-refractivity contribution in [1.82, 2.24) is 25.6 Å². The van der Waals surface area contributed by atoms with Crippen LogP contribution in [0.5, 0.6) is 5.75 Å². The molecule has 3 rings (SSSR count). The molecule has 2 N–H and O–H groups in total. The fourth-order valence-electron chi connectivity index (χ4n) is 2.44. The van der Waals surface area contributed by atoms with Crippen molar-refractivity contribution in [3.05, 3.63) is 36.2 Å². The van der Waals surface area contributed by atoms with E-state index >= 15 is 0 Å². The highest BCUT2D eigenvalue weighted by atomic mass is 35.5. The van der Waals surface area contributed by atoms with Crippen LogP contribution in [0.25, 0.3) is 5.69 Å². The highest BCUT2D eigenvalue weighted by Crippen LogP contribution is 2.25. The van der Waals surface area contributed by atoms with Crippen molar-refractivity contribution in [3.8, 4) is 11.4 Å². The summed E-state index contributed by atoms with van der Waals surface area (Å²) < 4.78 is 32.8. The van der Waals surface area contributed by atoms with Crippen molar-refractivity contribution in [2.45, 2.75) is 24.9 Å². The van der Waals surface area contributed by atoms with E-state index in [0.29, 0.717) is 5.69 Å². The Hall–Kier alpha value is -2.26. The number of carbonyl (C=O) groups excluding carboxylic acids is 1. The first kappa shape index (κ1) is 19.1. The van der Waals surface area contributed by atoms with Gasteiger partial charge in [0, 0.05) is 6.42 Å². The van der Waals surface area contributed by atoms with E-state index in [-0.39, 0.29) is 19.0 Å². The summed E-state index contributed by atoms with van der Waals surface area (Å²) in [6.45, 7) is -0.350. The van der Waals surface area contributed by atoms with Gasteiger partial charge >= 0.3 is 0 Å². The number of amides is 1. The Labute approximate surface area is 149 Å². The van der Waals surface area contributed by atoms with Gasteiger partial charge in [-0.3, -0.25) is 10.1 Å². The lowest BCUT2D eigenvalue weighted by Crippen LogP contribution is -2.40. The van der Waals surface area contributed by atoms with Gasteiger partial charge in [0.2, 0.25) is 5.91 Å². The highest BCUT2D eigenvalue weighted by molar-refractivity contribution is 5.85. The smallest absolute Gasteiger partial charge is 0.262 e. The van der Waals surface area contributed by atoms with Gasteiger partial charge in [-0.2, -0.15) is 0 Å². The van der Waals surface area contributed by atoms with Gasteiger partial charge in [-0.25, -0.2) is 13.5 Å². The number of nitrogens with one attached hydrogen (secondary N) is 2. The second kappa shape index (κ2) is 7.75. The van der Waals surface area contributed by atoms with Gasteiger partial charge in [0.1, 0.15) is 11.4 Å². The molecule has 2 heterocycles. The molecule has 25 heavy (non-hydrogen) atoms. The van der Waals surface area contributed by atoms with E-state index in [2.05, 4.69) is 20.9 Å². The molecule has 1 aliphatic rings. The van der Waals surface area contributed by atoms with E-state index in [1.54, 1.807) is 30.1 Å². The minimum Gasteiger partial charge on any atom is -0.497 e. The maximum atomic E-state index is 13.1. The first-order valence-electron chi connectivity index (χ1n) is 7.41. The predicted molar refractivity (Wildman–Crippen MR) is 88.4 cm³/mol. The van der Waals surface area contributed by atoms with Crippen LogP contribution < -0.4 is 15.4 Å². The molecule has 0 aliphatic carbocycles. The first-order valence-corrected chi connectivity index (χ1v) is 7.41. The second-order valence-corrected chi connectivity index (χ2v) is 5.56. The lowest BCUT2D eigenvalue weighted by atomic mass is 10.2. The van der Waals surface area contributed by atoms with Gasteiger partial charge in [-0.1, -0.05) is 5.21 Å². The third-order valence-corrected chi connectivity index (χ3v) is 3.75. The summed E-state index contributed by atoms with van der Waals surface area (Å²) in [6, 6.07) is 6.35. The molecule has 0 saturated carbocycles. The molecule has 1 fully saturated rings. The largest absolute Gasteiger partial charge is 0.497 e. The summed E-state index contributed by atoms with van der Waals surface area (Å²) >= 11 is 0. The second-order valence-electron chi connectivity index (χ2n) is 5.56. The highest BCUT2D eigenvalue weighted by Gasteiger charge is 2.42. The average molecular weight is 374 g/mol. The third kappa shape index (κ3) is 4.64. The van der Waals surface area contributed by atoms with Gasteiger partial charge in [0.15, 0.2) is 0 Å². The number of carbonyl (C=O) groups is 1. The standard InChI is InChI=1S/C15H17F2N5O2.ClH/c1-24-12-4-2-11(3-5-12)22-8-10(20-21-22)7-18-14(23)13-6-15(16,17)9-19-13;/h2-5,8,13,19H,6-7,9H2,1H3,(H,18,23);1H. The maximum absolute atomic E-state index is 13.1. The molecule has 1 atom stereocenters. The number of alkyl halides is 2. The normalized spacial score (nSPS) is 18.4. The molecule has 136 valence electrons. The molecule has 0 spiro atoms. The van der Waals surface area contributed by atoms with Gasteiger partial charge in [0.25, 0.3) is 5.92 Å². The number of rotatable bonds is 5. The third-order valence-electron chi connectivity index (χ3n) is 3.75. The van der Waals surface area contributed by atoms with E-state index in [0.717, 1.165) is 11.4 Å². The summed E-state index contributed by atoms with van der Waals surface area (Å²) in [6.07, 6.45) is 1.18. The van der Waals surface area contributed by atoms with Crippen LogP contribution in [0.3, 0.4) is 0 Å². The Bertz CT molecular complexity index is 723. The number of halogens is 3. The Balaban J connectivity index is 0.00000225. The molecule has 1 aliphatic heterocycles. The predicted octanol–water partition coefficient (Wildman–Crippen LogP) is 1.31. The van der Waals surface area contributed by atoms with Crippen LogP contribution in [0.1, 0.15) is 12.1 Å². The lowest BCUT2D eigenvalue weighted by Gasteiger charge is -2.09. The number of aromatic nitrogens is 3. The molecular weight excluding hydrogens is 356 g/mol. The number of nitrogens with zero attached hydrogens (tertiary/aromatic N) is 3. The Morgan fingerprint density at radius 3 is 2.76 bits per heavy atom. The molecule has 1 aromatic carbocycles. The summed E-state index contributed by atoms with van der Waals surface area (Å²) in [4.78, 5) is 11.9. The zero-order valence-corrected chi connectivity index (χ0v) is 14.2. The van der Waals surface area contributed by atoms with Crippen molar-refractivity contribution in [1.29, 1.82) is 0 Å². The lowest BCUT2D eigenvalue weighted by molar-refractivity contribution is -0.123. The summed E-state index contributed by atoms with van der Waals surface area (Å²) in [7, 11) is 1.58. The Morgan fingerprint density at radius 1 is 1.44 bits per heavy atom. The van der Waals surface area contributed by atoms with E-state index in [4.69, 9.17) is 4.74 Å². The number of ether oxygens (including phenoxy) is 1. The van der Waals surface area contributed by atoms with Gasteiger partial charge in [0.05, 0.1) is 38.1 Å². The molecule has 0 bridgehead atoms. The van der Waals surface area contributed by atoms with Gasteiger partial charge < -0.3 is 10.1 Å². The zero-order chi connectivity index (χ0) is 17.2. The van der Waals surface area contributed by atoms with E-state index < -0.39 is 30.8 Å². The van der Waals surface area contributed by atoms with Crippen molar-refractivity contribution in [3.63, 3.8) is 0 Å². The molecule has 0 radical (unpaired) electrons. The minimum atomic E-state index is -2.83. The molecular formula is C15H18ClF2N5O2. The Kier molecular flexibility index (Phi) is 5.91. The monoisotopic (exact) mass is 373 g/mol. The van der Waals surface area contributed by atoms with Gasteiger partial charge in [-0.15, -0.1) is 17.5 Å². The van der Waals surface area contributed by atoms with E-state index in [1.807, 2.05) is 12.1 Å². The molecule has 1 saturated heterocycles. The SMILES string of the molecule is COc1ccc(-n2cc(CNC(=O)C3CC(F)(F)CN3)nn2)cc1.Cl. The molecule has 2 aromatic rings. The van der Waals surface area contributed by atoms with Crippen molar-refractivity contribution in [2.24, 2.45) is 0 Å². The summed E-state index contributed by atoms with van der Waals surface area (Å²) in [5.74, 6) is -2.57. The van der Waals surface area contributed by atoms with E-state index in [9.17, 15) is 13.6 Å². The zero-order valence-electron chi connectivity index (χ0n) is 13.4. The number of hydrogen-bond donors (Lipinski definition) is 2. The van der Waals surface area contributed by atoms with Crippen LogP contribution in [0, 0.1) is 0 Å². The number of methoxy groups -OCH3 is 1. The fourth-order valence-corrected chi connectivity index (χ4v) is 2.44. The van der Waals surface area contributed by atoms with Gasteiger partial charge in [-0.05, 0) is 24.3 Å². The summed E-state index contributed by atoms with van der Waals surface area (Å²) in [5, 5.41) is 13.0. The maximum Gasteiger partial charge on any atom is 0.262 e. The molecule has 7 nitrogen and oxygen atoms in total. The van der Waals surface area contributed by atoms with Crippen LogP contribution in [-0.4, -0.2) is 46.5 Å². The number of benzene rings is 1. The van der Waals surface area contributed by atoms with Crippen molar-refractivity contribution < 1.29 is 18.3 Å². The summed E-state index contributed by atoms with van der Waals surface area (Å²) in [5.41, 5.74) is 1.32. The Morgan fingerprint density at radius 2 is 2.16 bits per heavy atom. The molecule has 10 heteroatoms. The fraction of sp³-hybridized carbons (Fsp3) is 0.400. The van der Waals surface area contributed by atoms with Crippen molar-refractivity contribution in [2.75, 3.05) is 13.7 Å². The van der Waals surface area contributed by atoms with Crippen LogP contribution in [0.2, 0.25) is 0 Å². The number of hydrogen-bond acceptors (Lipinski definition) is 5. The minimum absolute atomic E-state index is 0.